The van der Waals surface area contributed by atoms with Crippen LogP contribution >= 0.6 is 0 Å². The second-order valence-corrected chi connectivity index (χ2v) is 4.10. The smallest absolute Gasteiger partial charge is 0.423 e. The van der Waals surface area contributed by atoms with Crippen LogP contribution in [0, 0.1) is 0 Å². The number of benzene rings is 1. The van der Waals surface area contributed by atoms with Crippen molar-refractivity contribution in [3.8, 4) is 0 Å². The van der Waals surface area contributed by atoms with Crippen molar-refractivity contribution in [1.29, 1.82) is 0 Å². The Morgan fingerprint density at radius 3 is 2.35 bits per heavy atom. The van der Waals surface area contributed by atoms with E-state index in [1.165, 1.54) is 12.5 Å². The molecule has 8 heteroatoms. The summed E-state index contributed by atoms with van der Waals surface area (Å²) >= 11 is 0. The van der Waals surface area contributed by atoms with E-state index in [2.05, 4.69) is 5.32 Å². The van der Waals surface area contributed by atoms with Crippen LogP contribution in [-0.2, 0) is 6.18 Å². The summed E-state index contributed by atoms with van der Waals surface area (Å²) in [7, 11) is 0.0820. The van der Waals surface area contributed by atoms with E-state index in [4.69, 9.17) is 15.8 Å². The van der Waals surface area contributed by atoms with Crippen LogP contribution in [0.5, 0.6) is 0 Å². The van der Waals surface area contributed by atoms with Gasteiger partial charge in [0.15, 0.2) is 0 Å². The van der Waals surface area contributed by atoms with Gasteiger partial charge in [0.1, 0.15) is 0 Å². The highest BCUT2D eigenvalue weighted by Gasteiger charge is 2.31. The molecule has 5 N–H and O–H groups in total. The lowest BCUT2D eigenvalue weighted by Gasteiger charge is -2.07. The maximum Gasteiger partial charge on any atom is 0.488 e. The van der Waals surface area contributed by atoms with Crippen LogP contribution in [0.1, 0.15) is 18.4 Å². The molecule has 0 aliphatic rings. The Hall–Kier alpha value is -1.09. The molecule has 0 atom stereocenters. The molecule has 0 amide bonds. The fourth-order valence-electron chi connectivity index (χ4n) is 1.32. The quantitative estimate of drug-likeness (QED) is 0.466. The van der Waals surface area contributed by atoms with E-state index in [0.29, 0.717) is 6.07 Å². The number of hydrogen-bond acceptors (Lipinski definition) is 4. The maximum absolute atomic E-state index is 12.1. The lowest BCUT2D eigenvalue weighted by atomic mass is 9.79. The first kappa shape index (κ1) is 18.9. The van der Waals surface area contributed by atoms with Crippen LogP contribution in [0.4, 0.5) is 13.2 Å². The van der Waals surface area contributed by atoms with Gasteiger partial charge in [-0.2, -0.15) is 13.2 Å². The molecule has 0 radical (unpaired) electrons. The highest BCUT2D eigenvalue weighted by atomic mass is 19.4. The number of alkyl halides is 3. The predicted octanol–water partition coefficient (Wildman–Crippen LogP) is 0.330. The minimum absolute atomic E-state index is 0.171. The van der Waals surface area contributed by atoms with Crippen molar-refractivity contribution < 1.29 is 23.2 Å². The standard InChI is InChI=1S/C7H6BF3O2.C5H14N2/c9-7(10,11)5-2-1-3-6(4-5)8(12)13;1-7-5-3-2-4-6/h1-4,12-13H;7H,2-6H2,1H3. The summed E-state index contributed by atoms with van der Waals surface area (Å²) in [4.78, 5) is 0. The summed E-state index contributed by atoms with van der Waals surface area (Å²) in [5.41, 5.74) is 4.18. The largest absolute Gasteiger partial charge is 0.488 e. The fourth-order valence-corrected chi connectivity index (χ4v) is 1.32. The van der Waals surface area contributed by atoms with E-state index in [1.807, 2.05) is 7.05 Å². The molecular formula is C12H20BF3N2O2. The van der Waals surface area contributed by atoms with Gasteiger partial charge in [-0.25, -0.2) is 0 Å². The van der Waals surface area contributed by atoms with E-state index < -0.39 is 18.9 Å². The van der Waals surface area contributed by atoms with Crippen LogP contribution in [0.15, 0.2) is 24.3 Å². The van der Waals surface area contributed by atoms with Crippen molar-refractivity contribution >= 4 is 12.6 Å². The monoisotopic (exact) mass is 292 g/mol. The third-order valence-electron chi connectivity index (χ3n) is 2.39. The molecule has 1 aromatic carbocycles. The predicted molar refractivity (Wildman–Crippen MR) is 73.5 cm³/mol. The number of nitrogens with one attached hydrogen (secondary N) is 1. The fraction of sp³-hybridized carbons (Fsp3) is 0.500. The van der Waals surface area contributed by atoms with Crippen molar-refractivity contribution in [1.82, 2.24) is 5.32 Å². The Morgan fingerprint density at radius 1 is 1.25 bits per heavy atom. The van der Waals surface area contributed by atoms with Gasteiger partial charge in [-0.1, -0.05) is 24.3 Å². The van der Waals surface area contributed by atoms with Gasteiger partial charge in [-0.05, 0) is 38.4 Å². The second-order valence-electron chi connectivity index (χ2n) is 4.10. The number of unbranched alkanes of at least 4 members (excludes halogenated alkanes) is 1. The van der Waals surface area contributed by atoms with Crippen molar-refractivity contribution in [3.05, 3.63) is 29.8 Å². The maximum atomic E-state index is 12.1. The SMILES string of the molecule is CNCCCCN.OB(O)c1cccc(C(F)(F)F)c1. The van der Waals surface area contributed by atoms with Crippen LogP contribution < -0.4 is 16.5 Å². The summed E-state index contributed by atoms with van der Waals surface area (Å²) in [5, 5.41) is 20.3. The molecule has 114 valence electrons. The molecule has 0 unspecified atom stereocenters. The van der Waals surface area contributed by atoms with Gasteiger partial charge in [0.2, 0.25) is 0 Å². The van der Waals surface area contributed by atoms with E-state index in [0.717, 1.165) is 31.6 Å². The third-order valence-corrected chi connectivity index (χ3v) is 2.39. The highest BCUT2D eigenvalue weighted by molar-refractivity contribution is 6.58. The van der Waals surface area contributed by atoms with Gasteiger partial charge in [0.25, 0.3) is 0 Å². The van der Waals surface area contributed by atoms with Crippen LogP contribution in [0.3, 0.4) is 0 Å². The first-order chi connectivity index (χ1) is 9.32. The van der Waals surface area contributed by atoms with Crippen molar-refractivity contribution in [3.63, 3.8) is 0 Å². The molecule has 0 fully saturated rings. The minimum atomic E-state index is -4.45. The lowest BCUT2D eigenvalue weighted by Crippen LogP contribution is -2.30. The number of hydrogen-bond donors (Lipinski definition) is 4. The molecular weight excluding hydrogens is 272 g/mol. The normalized spacial score (nSPS) is 10.8. The van der Waals surface area contributed by atoms with Crippen LogP contribution in [0.25, 0.3) is 0 Å². The molecule has 0 aromatic heterocycles. The molecule has 4 nitrogen and oxygen atoms in total. The summed E-state index contributed by atoms with van der Waals surface area (Å²) in [6.07, 6.45) is -2.11. The number of rotatable bonds is 5. The van der Waals surface area contributed by atoms with Crippen LogP contribution in [0.2, 0.25) is 0 Å². The molecule has 0 saturated carbocycles. The van der Waals surface area contributed by atoms with E-state index in [-0.39, 0.29) is 5.46 Å². The molecule has 0 heterocycles. The zero-order valence-electron chi connectivity index (χ0n) is 11.3. The number of halogens is 3. The molecule has 0 spiro atoms. The topological polar surface area (TPSA) is 78.5 Å². The van der Waals surface area contributed by atoms with Crippen LogP contribution in [-0.4, -0.2) is 37.3 Å². The second kappa shape index (κ2) is 9.76. The van der Waals surface area contributed by atoms with Gasteiger partial charge < -0.3 is 21.1 Å². The first-order valence-electron chi connectivity index (χ1n) is 6.21. The average Bonchev–Trinajstić information content (AvgIpc) is 2.39. The number of nitrogens with two attached hydrogens (primary N) is 1. The Bertz CT molecular complexity index is 372. The first-order valence-corrected chi connectivity index (χ1v) is 6.21. The summed E-state index contributed by atoms with van der Waals surface area (Å²) in [6, 6.07) is 3.90. The Morgan fingerprint density at radius 2 is 1.90 bits per heavy atom. The van der Waals surface area contributed by atoms with Gasteiger partial charge >= 0.3 is 13.3 Å². The highest BCUT2D eigenvalue weighted by Crippen LogP contribution is 2.28. The Kier molecular flexibility index (Phi) is 9.23. The van der Waals surface area contributed by atoms with Gasteiger partial charge in [0.05, 0.1) is 5.56 Å². The molecule has 0 saturated heterocycles. The summed E-state index contributed by atoms with van der Waals surface area (Å²) in [6.45, 7) is 1.92. The minimum Gasteiger partial charge on any atom is -0.423 e. The molecule has 1 rings (SSSR count). The molecule has 1 aromatic rings. The van der Waals surface area contributed by atoms with E-state index >= 15 is 0 Å². The van der Waals surface area contributed by atoms with Crippen molar-refractivity contribution in [2.24, 2.45) is 5.73 Å². The van der Waals surface area contributed by atoms with E-state index in [1.54, 1.807) is 0 Å². The molecule has 0 aliphatic heterocycles. The van der Waals surface area contributed by atoms with Gasteiger partial charge in [-0.3, -0.25) is 0 Å². The van der Waals surface area contributed by atoms with Crippen molar-refractivity contribution in [2.45, 2.75) is 19.0 Å². The zero-order valence-corrected chi connectivity index (χ0v) is 11.3. The summed E-state index contributed by atoms with van der Waals surface area (Å²) < 4.78 is 36.2. The average molecular weight is 292 g/mol. The zero-order chi connectivity index (χ0) is 15.6. The van der Waals surface area contributed by atoms with Crippen molar-refractivity contribution in [2.75, 3.05) is 20.1 Å². The lowest BCUT2D eigenvalue weighted by molar-refractivity contribution is -0.137. The third kappa shape index (κ3) is 8.16. The summed E-state index contributed by atoms with van der Waals surface area (Å²) in [5.74, 6) is 0. The molecule has 20 heavy (non-hydrogen) atoms. The molecule has 0 bridgehead atoms. The Balaban J connectivity index is 0.000000441. The van der Waals surface area contributed by atoms with Gasteiger partial charge in [0, 0.05) is 0 Å². The van der Waals surface area contributed by atoms with E-state index in [9.17, 15) is 13.2 Å². The molecule has 0 aliphatic carbocycles. The van der Waals surface area contributed by atoms with Gasteiger partial charge in [-0.15, -0.1) is 0 Å². The Labute approximate surface area is 116 Å².